The molecule has 1 aromatic carbocycles. The van der Waals surface area contributed by atoms with Crippen LogP contribution in [0.2, 0.25) is 0 Å². The van der Waals surface area contributed by atoms with Crippen molar-refractivity contribution in [2.45, 2.75) is 6.92 Å². The molecule has 2 N–H and O–H groups in total. The van der Waals surface area contributed by atoms with E-state index in [2.05, 4.69) is 20.6 Å². The van der Waals surface area contributed by atoms with Gasteiger partial charge in [0.15, 0.2) is 5.69 Å². The highest BCUT2D eigenvalue weighted by Crippen LogP contribution is 2.12. The SMILES string of the molecule is CCOC(=O)C1=C(COC(=O)c2cnc3ccccc3n2)NC(=O)NC1. The van der Waals surface area contributed by atoms with Gasteiger partial charge in [-0.25, -0.2) is 19.4 Å². The predicted molar refractivity (Wildman–Crippen MR) is 90.0 cm³/mol. The zero-order valence-corrected chi connectivity index (χ0v) is 13.9. The lowest BCUT2D eigenvalue weighted by atomic mass is 10.2. The maximum atomic E-state index is 12.2. The normalized spacial score (nSPS) is 13.8. The van der Waals surface area contributed by atoms with Crippen molar-refractivity contribution in [3.05, 3.63) is 47.4 Å². The summed E-state index contributed by atoms with van der Waals surface area (Å²) in [5.74, 6) is -1.30. The first kappa shape index (κ1) is 17.3. The largest absolute Gasteiger partial charge is 0.463 e. The molecule has 0 bridgehead atoms. The van der Waals surface area contributed by atoms with Crippen LogP contribution in [-0.2, 0) is 14.3 Å². The van der Waals surface area contributed by atoms with Crippen molar-refractivity contribution in [2.24, 2.45) is 0 Å². The van der Waals surface area contributed by atoms with E-state index < -0.39 is 18.0 Å². The highest BCUT2D eigenvalue weighted by Gasteiger charge is 2.25. The Kier molecular flexibility index (Phi) is 5.07. The van der Waals surface area contributed by atoms with Crippen LogP contribution in [0.25, 0.3) is 11.0 Å². The van der Waals surface area contributed by atoms with E-state index in [4.69, 9.17) is 9.47 Å². The Balaban J connectivity index is 1.75. The summed E-state index contributed by atoms with van der Waals surface area (Å²) in [7, 11) is 0. The average molecular weight is 356 g/mol. The van der Waals surface area contributed by atoms with E-state index in [1.807, 2.05) is 6.07 Å². The summed E-state index contributed by atoms with van der Waals surface area (Å²) in [6, 6.07) is 6.62. The minimum absolute atomic E-state index is 0.00662. The fourth-order valence-corrected chi connectivity index (χ4v) is 2.34. The zero-order valence-electron chi connectivity index (χ0n) is 13.9. The third kappa shape index (κ3) is 3.77. The van der Waals surface area contributed by atoms with Gasteiger partial charge in [-0.1, -0.05) is 12.1 Å². The Morgan fingerprint density at radius 1 is 1.15 bits per heavy atom. The molecule has 2 aromatic rings. The van der Waals surface area contributed by atoms with Gasteiger partial charge in [0.1, 0.15) is 6.61 Å². The number of nitrogens with one attached hydrogen (secondary N) is 2. The predicted octanol–water partition coefficient (Wildman–Crippen LogP) is 0.917. The Morgan fingerprint density at radius 3 is 2.69 bits per heavy atom. The number of carbonyl (C=O) groups is 3. The number of carbonyl (C=O) groups excluding carboxylic acids is 3. The Bertz CT molecular complexity index is 909. The van der Waals surface area contributed by atoms with Crippen LogP contribution in [-0.4, -0.2) is 47.7 Å². The molecule has 0 atom stereocenters. The molecule has 9 nitrogen and oxygen atoms in total. The fourth-order valence-electron chi connectivity index (χ4n) is 2.34. The third-order valence-electron chi connectivity index (χ3n) is 3.58. The van der Waals surface area contributed by atoms with Crippen LogP contribution < -0.4 is 10.6 Å². The molecular weight excluding hydrogens is 340 g/mol. The highest BCUT2D eigenvalue weighted by atomic mass is 16.5. The van der Waals surface area contributed by atoms with Crippen LogP contribution in [0.1, 0.15) is 17.4 Å². The maximum Gasteiger partial charge on any atom is 0.358 e. The molecule has 1 aliphatic rings. The molecule has 9 heteroatoms. The van der Waals surface area contributed by atoms with E-state index in [1.54, 1.807) is 25.1 Å². The molecule has 134 valence electrons. The number of fused-ring (bicyclic) bond motifs is 1. The molecule has 26 heavy (non-hydrogen) atoms. The number of hydrogen-bond acceptors (Lipinski definition) is 7. The van der Waals surface area contributed by atoms with Crippen LogP contribution >= 0.6 is 0 Å². The van der Waals surface area contributed by atoms with Gasteiger partial charge in [0, 0.05) is 0 Å². The van der Waals surface area contributed by atoms with Gasteiger partial charge in [-0.15, -0.1) is 0 Å². The first-order valence-electron chi connectivity index (χ1n) is 7.91. The van der Waals surface area contributed by atoms with Gasteiger partial charge in [0.2, 0.25) is 0 Å². The molecule has 3 rings (SSSR count). The lowest BCUT2D eigenvalue weighted by molar-refractivity contribution is -0.138. The number of hydrogen-bond donors (Lipinski definition) is 2. The minimum Gasteiger partial charge on any atom is -0.463 e. The maximum absolute atomic E-state index is 12.2. The number of esters is 2. The molecule has 0 unspecified atom stereocenters. The van der Waals surface area contributed by atoms with Crippen LogP contribution in [0, 0.1) is 0 Å². The molecule has 1 aromatic heterocycles. The topological polar surface area (TPSA) is 120 Å². The Labute approximate surface area is 148 Å². The second-order valence-electron chi connectivity index (χ2n) is 5.31. The van der Waals surface area contributed by atoms with E-state index in [-0.39, 0.29) is 36.7 Å². The van der Waals surface area contributed by atoms with Gasteiger partial charge in [0.05, 0.1) is 41.7 Å². The lowest BCUT2D eigenvalue weighted by Crippen LogP contribution is -2.45. The van der Waals surface area contributed by atoms with Crippen molar-refractivity contribution in [1.29, 1.82) is 0 Å². The van der Waals surface area contributed by atoms with Crippen molar-refractivity contribution in [1.82, 2.24) is 20.6 Å². The van der Waals surface area contributed by atoms with E-state index >= 15 is 0 Å². The first-order chi connectivity index (χ1) is 12.6. The molecule has 1 aliphatic heterocycles. The van der Waals surface area contributed by atoms with Crippen molar-refractivity contribution >= 4 is 29.0 Å². The number of rotatable bonds is 5. The van der Waals surface area contributed by atoms with Gasteiger partial charge in [-0.2, -0.15) is 0 Å². The lowest BCUT2D eigenvalue weighted by Gasteiger charge is -2.21. The van der Waals surface area contributed by atoms with Crippen molar-refractivity contribution in [3.8, 4) is 0 Å². The molecule has 0 saturated heterocycles. The number of para-hydroxylation sites is 2. The van der Waals surface area contributed by atoms with Crippen molar-refractivity contribution < 1.29 is 23.9 Å². The number of ether oxygens (including phenoxy) is 2. The van der Waals surface area contributed by atoms with Gasteiger partial charge >= 0.3 is 18.0 Å². The third-order valence-corrected chi connectivity index (χ3v) is 3.58. The first-order valence-corrected chi connectivity index (χ1v) is 7.91. The summed E-state index contributed by atoms with van der Waals surface area (Å²) < 4.78 is 10.1. The van der Waals surface area contributed by atoms with E-state index in [9.17, 15) is 14.4 Å². The summed E-state index contributed by atoms with van der Waals surface area (Å²) in [4.78, 5) is 44.0. The molecule has 0 fully saturated rings. The molecule has 0 aliphatic carbocycles. The van der Waals surface area contributed by atoms with Crippen molar-refractivity contribution in [2.75, 3.05) is 19.8 Å². The molecule has 0 saturated carbocycles. The fraction of sp³-hybridized carbons (Fsp3) is 0.235. The second kappa shape index (κ2) is 7.60. The zero-order chi connectivity index (χ0) is 18.5. The summed E-state index contributed by atoms with van der Waals surface area (Å²) in [6.07, 6.45) is 1.31. The summed E-state index contributed by atoms with van der Waals surface area (Å²) in [6.45, 7) is 1.56. The monoisotopic (exact) mass is 356 g/mol. The molecule has 0 spiro atoms. The van der Waals surface area contributed by atoms with E-state index in [0.717, 1.165) is 0 Å². The number of benzene rings is 1. The molecule has 2 heterocycles. The van der Waals surface area contributed by atoms with E-state index in [0.29, 0.717) is 11.0 Å². The number of aromatic nitrogens is 2. The van der Waals surface area contributed by atoms with Gasteiger partial charge in [-0.05, 0) is 19.1 Å². The number of urea groups is 1. The molecule has 0 radical (unpaired) electrons. The Morgan fingerprint density at radius 2 is 1.92 bits per heavy atom. The van der Waals surface area contributed by atoms with Gasteiger partial charge < -0.3 is 20.1 Å². The van der Waals surface area contributed by atoms with Crippen molar-refractivity contribution in [3.63, 3.8) is 0 Å². The van der Waals surface area contributed by atoms with Gasteiger partial charge in [-0.3, -0.25) is 4.98 Å². The average Bonchev–Trinajstić information content (AvgIpc) is 2.66. The van der Waals surface area contributed by atoms with Crippen LogP contribution in [0.4, 0.5) is 4.79 Å². The van der Waals surface area contributed by atoms with Gasteiger partial charge in [0.25, 0.3) is 0 Å². The molecule has 2 amide bonds. The minimum atomic E-state index is -0.716. The second-order valence-corrected chi connectivity index (χ2v) is 5.31. The molecular formula is C17H16N4O5. The highest BCUT2D eigenvalue weighted by molar-refractivity contribution is 5.94. The summed E-state index contributed by atoms with van der Waals surface area (Å²) in [5.41, 5.74) is 1.62. The summed E-state index contributed by atoms with van der Waals surface area (Å²) >= 11 is 0. The Hall–Kier alpha value is -3.49. The smallest absolute Gasteiger partial charge is 0.358 e. The number of amides is 2. The standard InChI is InChI=1S/C17H16N4O5/c1-2-25-15(22)10-7-19-17(24)21-14(10)9-26-16(23)13-8-18-11-5-3-4-6-12(11)20-13/h3-6,8H,2,7,9H2,1H3,(H2,19,21,24). The van der Waals surface area contributed by atoms with Crippen LogP contribution in [0.5, 0.6) is 0 Å². The summed E-state index contributed by atoms with van der Waals surface area (Å²) in [5, 5.41) is 4.93. The quantitative estimate of drug-likeness (QED) is 0.764. The van der Waals surface area contributed by atoms with E-state index in [1.165, 1.54) is 6.20 Å². The van der Waals surface area contributed by atoms with Crippen LogP contribution in [0.15, 0.2) is 41.7 Å². The number of nitrogens with zero attached hydrogens (tertiary/aromatic N) is 2. The van der Waals surface area contributed by atoms with Crippen LogP contribution in [0.3, 0.4) is 0 Å².